The highest BCUT2D eigenvalue weighted by molar-refractivity contribution is 7.13. The average molecular weight is 345 g/mol. The fourth-order valence-corrected chi connectivity index (χ4v) is 2.96. The number of aromatic nitrogens is 5. The zero-order valence-electron chi connectivity index (χ0n) is 13.6. The summed E-state index contributed by atoms with van der Waals surface area (Å²) in [4.78, 5) is 24.9. The van der Waals surface area contributed by atoms with Crippen LogP contribution in [0.2, 0.25) is 0 Å². The van der Waals surface area contributed by atoms with Crippen LogP contribution in [0.3, 0.4) is 0 Å². The molecule has 3 rings (SSSR count). The molecular formula is C15H19N7OS. The Morgan fingerprint density at radius 1 is 1.42 bits per heavy atom. The number of aryl methyl sites for hydroxylation is 1. The first-order valence-electron chi connectivity index (χ1n) is 7.73. The lowest BCUT2D eigenvalue weighted by atomic mass is 10.1. The van der Waals surface area contributed by atoms with Crippen LogP contribution >= 0.6 is 11.3 Å². The van der Waals surface area contributed by atoms with Crippen LogP contribution < -0.4 is 11.1 Å². The van der Waals surface area contributed by atoms with Gasteiger partial charge in [0, 0.05) is 11.9 Å². The number of rotatable bonds is 6. The minimum atomic E-state index is -0.208. The highest BCUT2D eigenvalue weighted by Crippen LogP contribution is 2.16. The van der Waals surface area contributed by atoms with Gasteiger partial charge in [-0.15, -0.1) is 11.3 Å². The van der Waals surface area contributed by atoms with Crippen LogP contribution in [0.5, 0.6) is 0 Å². The quantitative estimate of drug-likeness (QED) is 0.657. The summed E-state index contributed by atoms with van der Waals surface area (Å²) in [6.45, 7) is 4.63. The SMILES string of the molecule is CC(C)c1cc(C(=O)NCCCc2csc(N)n2)nc2ncnn12. The van der Waals surface area contributed by atoms with Crippen molar-refractivity contribution in [3.8, 4) is 0 Å². The van der Waals surface area contributed by atoms with Gasteiger partial charge in [0.25, 0.3) is 11.7 Å². The zero-order chi connectivity index (χ0) is 17.1. The summed E-state index contributed by atoms with van der Waals surface area (Å²) in [6, 6.07) is 1.77. The largest absolute Gasteiger partial charge is 0.375 e. The minimum Gasteiger partial charge on any atom is -0.375 e. The maximum atomic E-state index is 12.3. The van der Waals surface area contributed by atoms with Crippen molar-refractivity contribution in [1.29, 1.82) is 0 Å². The van der Waals surface area contributed by atoms with Crippen LogP contribution in [0.1, 0.15) is 48.1 Å². The first kappa shape index (κ1) is 16.3. The molecule has 9 heteroatoms. The van der Waals surface area contributed by atoms with Gasteiger partial charge in [0.05, 0.1) is 11.4 Å². The number of nitrogens with zero attached hydrogens (tertiary/aromatic N) is 5. The van der Waals surface area contributed by atoms with Crippen LogP contribution in [-0.4, -0.2) is 37.0 Å². The van der Waals surface area contributed by atoms with Gasteiger partial charge < -0.3 is 11.1 Å². The molecule has 0 aliphatic heterocycles. The molecule has 0 aliphatic rings. The molecule has 24 heavy (non-hydrogen) atoms. The fraction of sp³-hybridized carbons (Fsp3) is 0.400. The molecule has 0 atom stereocenters. The van der Waals surface area contributed by atoms with Gasteiger partial charge in [0.2, 0.25) is 0 Å². The maximum Gasteiger partial charge on any atom is 0.270 e. The third-order valence-electron chi connectivity index (χ3n) is 3.57. The summed E-state index contributed by atoms with van der Waals surface area (Å²) in [6.07, 6.45) is 3.01. The Hall–Kier alpha value is -2.55. The average Bonchev–Trinajstić information content (AvgIpc) is 3.18. The van der Waals surface area contributed by atoms with E-state index in [-0.39, 0.29) is 11.8 Å². The van der Waals surface area contributed by atoms with E-state index in [1.807, 2.05) is 19.2 Å². The molecule has 3 N–H and O–H groups in total. The van der Waals surface area contributed by atoms with Crippen LogP contribution in [0, 0.1) is 0 Å². The molecule has 0 bridgehead atoms. The van der Waals surface area contributed by atoms with E-state index in [1.165, 1.54) is 17.7 Å². The lowest BCUT2D eigenvalue weighted by molar-refractivity contribution is 0.0948. The highest BCUT2D eigenvalue weighted by atomic mass is 32.1. The molecular weight excluding hydrogens is 326 g/mol. The minimum absolute atomic E-state index is 0.207. The van der Waals surface area contributed by atoms with Crippen LogP contribution in [0.25, 0.3) is 5.78 Å². The summed E-state index contributed by atoms with van der Waals surface area (Å²) >= 11 is 1.43. The van der Waals surface area contributed by atoms with Gasteiger partial charge in [-0.1, -0.05) is 13.8 Å². The number of nitrogens with two attached hydrogens (primary N) is 1. The third kappa shape index (κ3) is 3.51. The molecule has 126 valence electrons. The van der Waals surface area contributed by atoms with E-state index in [0.29, 0.717) is 23.1 Å². The van der Waals surface area contributed by atoms with E-state index in [0.717, 1.165) is 24.2 Å². The number of anilines is 1. The molecule has 0 spiro atoms. The van der Waals surface area contributed by atoms with Gasteiger partial charge in [0.15, 0.2) is 5.13 Å². The molecule has 0 fully saturated rings. The summed E-state index contributed by atoms with van der Waals surface area (Å²) in [5.41, 5.74) is 7.82. The van der Waals surface area contributed by atoms with Crippen molar-refractivity contribution in [2.24, 2.45) is 0 Å². The predicted molar refractivity (Wildman–Crippen MR) is 92.1 cm³/mol. The number of thiazole rings is 1. The molecule has 3 aromatic heterocycles. The molecule has 0 aromatic carbocycles. The lowest BCUT2D eigenvalue weighted by Gasteiger charge is -2.10. The van der Waals surface area contributed by atoms with Crippen molar-refractivity contribution >= 4 is 28.2 Å². The Labute approximate surface area is 143 Å². The van der Waals surface area contributed by atoms with E-state index in [1.54, 1.807) is 10.6 Å². The second kappa shape index (κ2) is 6.91. The van der Waals surface area contributed by atoms with E-state index >= 15 is 0 Å². The first-order chi connectivity index (χ1) is 11.5. The Morgan fingerprint density at radius 3 is 2.96 bits per heavy atom. The van der Waals surface area contributed by atoms with Crippen molar-refractivity contribution in [2.45, 2.75) is 32.6 Å². The molecule has 0 radical (unpaired) electrons. The fourth-order valence-electron chi connectivity index (χ4n) is 2.36. The zero-order valence-corrected chi connectivity index (χ0v) is 14.4. The third-order valence-corrected chi connectivity index (χ3v) is 4.29. The standard InChI is InChI=1S/C15H19N7OS/c1-9(2)12-6-11(21-15-18-8-19-22(12)15)13(23)17-5-3-4-10-7-24-14(16)20-10/h6-9H,3-5H2,1-2H3,(H2,16,20)(H,17,23). The van der Waals surface area contributed by atoms with Crippen molar-refractivity contribution in [1.82, 2.24) is 29.9 Å². The first-order valence-corrected chi connectivity index (χ1v) is 8.61. The van der Waals surface area contributed by atoms with Crippen LogP contribution in [0.15, 0.2) is 17.8 Å². The van der Waals surface area contributed by atoms with E-state index in [9.17, 15) is 4.79 Å². The van der Waals surface area contributed by atoms with E-state index in [4.69, 9.17) is 5.73 Å². The van der Waals surface area contributed by atoms with Gasteiger partial charge in [-0.25, -0.2) is 14.5 Å². The predicted octanol–water partition coefficient (Wildman–Crippen LogP) is 1.65. The normalized spacial score (nSPS) is 11.3. The lowest BCUT2D eigenvalue weighted by Crippen LogP contribution is -2.26. The van der Waals surface area contributed by atoms with Crippen molar-refractivity contribution < 1.29 is 4.79 Å². The molecule has 8 nitrogen and oxygen atoms in total. The Balaban J connectivity index is 1.63. The number of nitrogen functional groups attached to an aromatic ring is 1. The number of amides is 1. The van der Waals surface area contributed by atoms with Gasteiger partial charge in [0.1, 0.15) is 12.0 Å². The number of nitrogens with one attached hydrogen (secondary N) is 1. The van der Waals surface area contributed by atoms with Gasteiger partial charge in [-0.05, 0) is 24.8 Å². The molecule has 3 aromatic rings. The molecule has 3 heterocycles. The van der Waals surface area contributed by atoms with E-state index in [2.05, 4.69) is 25.4 Å². The Bertz CT molecular complexity index is 855. The number of fused-ring (bicyclic) bond motifs is 1. The Morgan fingerprint density at radius 2 is 2.25 bits per heavy atom. The monoisotopic (exact) mass is 345 g/mol. The smallest absolute Gasteiger partial charge is 0.270 e. The number of hydrogen-bond donors (Lipinski definition) is 2. The van der Waals surface area contributed by atoms with Crippen molar-refractivity contribution in [3.63, 3.8) is 0 Å². The summed E-state index contributed by atoms with van der Waals surface area (Å²) < 4.78 is 1.66. The summed E-state index contributed by atoms with van der Waals surface area (Å²) in [5, 5.41) is 9.54. The molecule has 0 aliphatic carbocycles. The highest BCUT2D eigenvalue weighted by Gasteiger charge is 2.15. The number of hydrogen-bond acceptors (Lipinski definition) is 7. The van der Waals surface area contributed by atoms with Crippen LogP contribution in [-0.2, 0) is 6.42 Å². The van der Waals surface area contributed by atoms with Crippen LogP contribution in [0.4, 0.5) is 5.13 Å². The summed E-state index contributed by atoms with van der Waals surface area (Å²) in [5.74, 6) is 0.434. The van der Waals surface area contributed by atoms with Gasteiger partial charge in [-0.3, -0.25) is 4.79 Å². The molecule has 1 amide bonds. The maximum absolute atomic E-state index is 12.3. The van der Waals surface area contributed by atoms with Crippen molar-refractivity contribution in [3.05, 3.63) is 34.9 Å². The Kier molecular flexibility index (Phi) is 4.70. The van der Waals surface area contributed by atoms with Crippen molar-refractivity contribution in [2.75, 3.05) is 12.3 Å². The van der Waals surface area contributed by atoms with E-state index < -0.39 is 0 Å². The topological polar surface area (TPSA) is 111 Å². The number of carbonyl (C=O) groups excluding carboxylic acids is 1. The summed E-state index contributed by atoms with van der Waals surface area (Å²) in [7, 11) is 0. The molecule has 0 saturated carbocycles. The molecule has 0 unspecified atom stereocenters. The second-order valence-corrected chi connectivity index (χ2v) is 6.62. The number of carbonyl (C=O) groups is 1. The van der Waals surface area contributed by atoms with Gasteiger partial charge in [-0.2, -0.15) is 10.1 Å². The molecule has 0 saturated heterocycles. The van der Waals surface area contributed by atoms with Gasteiger partial charge >= 0.3 is 0 Å². The second-order valence-electron chi connectivity index (χ2n) is 5.73.